The van der Waals surface area contributed by atoms with Crippen molar-refractivity contribution in [2.24, 2.45) is 0 Å². The van der Waals surface area contributed by atoms with Gasteiger partial charge in [0.05, 0.1) is 12.8 Å². The minimum absolute atomic E-state index is 0.132. The molecule has 1 N–H and O–H groups in total. The summed E-state index contributed by atoms with van der Waals surface area (Å²) in [6, 6.07) is 18.5. The van der Waals surface area contributed by atoms with Crippen LogP contribution in [-0.2, 0) is 26.7 Å². The maximum absolute atomic E-state index is 12.8. The maximum atomic E-state index is 12.8. The van der Waals surface area contributed by atoms with Crippen LogP contribution in [0, 0.1) is 0 Å². The van der Waals surface area contributed by atoms with Gasteiger partial charge in [-0.3, -0.25) is 9.36 Å². The van der Waals surface area contributed by atoms with Gasteiger partial charge in [-0.25, -0.2) is 0 Å². The van der Waals surface area contributed by atoms with Crippen molar-refractivity contribution in [1.82, 2.24) is 0 Å². The molecule has 2 aromatic carbocycles. The summed E-state index contributed by atoms with van der Waals surface area (Å²) in [6.45, 7) is 0.151. The van der Waals surface area contributed by atoms with Crippen LogP contribution in [0.3, 0.4) is 0 Å². The molecule has 0 amide bonds. The molecule has 0 fully saturated rings. The molecule has 0 spiro atoms. The maximum Gasteiger partial charge on any atom is 0.313 e. The van der Waals surface area contributed by atoms with E-state index in [0.29, 0.717) is 0 Å². The normalized spacial score (nSPS) is 13.5. The van der Waals surface area contributed by atoms with Gasteiger partial charge >= 0.3 is 5.97 Å². The van der Waals surface area contributed by atoms with Gasteiger partial charge in [-0.2, -0.15) is 0 Å². The average Bonchev–Trinajstić information content (AvgIpc) is 2.46. The monoisotopic (exact) mass is 304 g/mol. The van der Waals surface area contributed by atoms with E-state index in [2.05, 4.69) is 0 Å². The zero-order chi connectivity index (χ0) is 15.1. The minimum Gasteiger partial charge on any atom is -0.481 e. The van der Waals surface area contributed by atoms with Crippen molar-refractivity contribution < 1.29 is 19.0 Å². The third-order valence-electron chi connectivity index (χ3n) is 2.95. The minimum atomic E-state index is -3.26. The van der Waals surface area contributed by atoms with Crippen molar-refractivity contribution >= 4 is 13.3 Å². The Kier molecular flexibility index (Phi) is 5.32. The van der Waals surface area contributed by atoms with Gasteiger partial charge in [0.15, 0.2) is 0 Å². The molecule has 2 aromatic rings. The SMILES string of the molecule is O=C(O)CP(=O)(Cc1ccccc1)OCc1ccccc1. The molecule has 21 heavy (non-hydrogen) atoms. The molecule has 0 heterocycles. The van der Waals surface area contributed by atoms with Gasteiger partial charge in [-0.1, -0.05) is 60.7 Å². The van der Waals surface area contributed by atoms with E-state index in [1.54, 1.807) is 0 Å². The second kappa shape index (κ2) is 7.21. The average molecular weight is 304 g/mol. The molecule has 0 radical (unpaired) electrons. The van der Waals surface area contributed by atoms with Gasteiger partial charge in [0.25, 0.3) is 0 Å². The molecule has 0 saturated heterocycles. The quantitative estimate of drug-likeness (QED) is 0.791. The molecule has 0 aliphatic carbocycles. The van der Waals surface area contributed by atoms with Gasteiger partial charge in [0.2, 0.25) is 7.37 Å². The Morgan fingerprint density at radius 2 is 1.48 bits per heavy atom. The summed E-state index contributed by atoms with van der Waals surface area (Å²) in [5, 5.41) is 8.97. The molecule has 4 nitrogen and oxygen atoms in total. The first-order valence-electron chi connectivity index (χ1n) is 6.60. The number of rotatable bonds is 7. The van der Waals surface area contributed by atoms with E-state index in [4.69, 9.17) is 9.63 Å². The van der Waals surface area contributed by atoms with Crippen LogP contribution in [0.25, 0.3) is 0 Å². The number of carboxylic acid groups (broad SMARTS) is 1. The Morgan fingerprint density at radius 3 is 2.00 bits per heavy atom. The molecular weight excluding hydrogens is 287 g/mol. The molecule has 110 valence electrons. The van der Waals surface area contributed by atoms with Crippen LogP contribution in [0.15, 0.2) is 60.7 Å². The van der Waals surface area contributed by atoms with Gasteiger partial charge in [-0.05, 0) is 11.1 Å². The van der Waals surface area contributed by atoms with Crippen molar-refractivity contribution in [3.8, 4) is 0 Å². The largest absolute Gasteiger partial charge is 0.481 e. The van der Waals surface area contributed by atoms with Crippen molar-refractivity contribution in [2.45, 2.75) is 12.8 Å². The topological polar surface area (TPSA) is 63.6 Å². The molecule has 0 aliphatic heterocycles. The van der Waals surface area contributed by atoms with Gasteiger partial charge in [0, 0.05) is 0 Å². The summed E-state index contributed by atoms with van der Waals surface area (Å²) >= 11 is 0. The third-order valence-corrected chi connectivity index (χ3v) is 5.15. The highest BCUT2D eigenvalue weighted by molar-refractivity contribution is 7.59. The molecule has 0 aliphatic rings. The highest BCUT2D eigenvalue weighted by Crippen LogP contribution is 2.50. The summed E-state index contributed by atoms with van der Waals surface area (Å²) in [4.78, 5) is 11.0. The lowest BCUT2D eigenvalue weighted by Gasteiger charge is -2.17. The van der Waals surface area contributed by atoms with Crippen LogP contribution in [0.5, 0.6) is 0 Å². The third kappa shape index (κ3) is 5.18. The Morgan fingerprint density at radius 1 is 0.952 bits per heavy atom. The first kappa shape index (κ1) is 15.5. The van der Waals surface area contributed by atoms with E-state index in [9.17, 15) is 9.36 Å². The lowest BCUT2D eigenvalue weighted by molar-refractivity contribution is -0.134. The van der Waals surface area contributed by atoms with Gasteiger partial charge in [0.1, 0.15) is 6.16 Å². The second-order valence-electron chi connectivity index (χ2n) is 4.77. The highest BCUT2D eigenvalue weighted by atomic mass is 31.2. The summed E-state index contributed by atoms with van der Waals surface area (Å²) in [7, 11) is -3.26. The Hall–Kier alpha value is -1.90. The molecule has 2 rings (SSSR count). The van der Waals surface area contributed by atoms with Crippen LogP contribution in [0.4, 0.5) is 0 Å². The van der Waals surface area contributed by atoms with Crippen LogP contribution in [-0.4, -0.2) is 17.2 Å². The molecule has 0 aromatic heterocycles. The van der Waals surface area contributed by atoms with Crippen molar-refractivity contribution in [1.29, 1.82) is 0 Å². The fraction of sp³-hybridized carbons (Fsp3) is 0.188. The van der Waals surface area contributed by atoms with E-state index in [0.717, 1.165) is 11.1 Å². The van der Waals surface area contributed by atoms with Gasteiger partial charge < -0.3 is 9.63 Å². The Bertz CT molecular complexity index is 625. The molecule has 0 bridgehead atoms. The molecule has 5 heteroatoms. The molecular formula is C16H17O4P. The van der Waals surface area contributed by atoms with Crippen LogP contribution in [0.2, 0.25) is 0 Å². The molecule has 0 saturated carbocycles. The first-order chi connectivity index (χ1) is 10.1. The predicted molar refractivity (Wildman–Crippen MR) is 81.5 cm³/mol. The van der Waals surface area contributed by atoms with E-state index in [-0.39, 0.29) is 12.8 Å². The second-order valence-corrected chi connectivity index (χ2v) is 7.29. The first-order valence-corrected chi connectivity index (χ1v) is 8.59. The van der Waals surface area contributed by atoms with E-state index < -0.39 is 19.5 Å². The number of carbonyl (C=O) groups is 1. The van der Waals surface area contributed by atoms with Crippen LogP contribution < -0.4 is 0 Å². The molecule has 1 unspecified atom stereocenters. The number of hydrogen-bond acceptors (Lipinski definition) is 3. The van der Waals surface area contributed by atoms with Crippen molar-refractivity contribution in [2.75, 3.05) is 6.16 Å². The van der Waals surface area contributed by atoms with Crippen LogP contribution in [0.1, 0.15) is 11.1 Å². The van der Waals surface area contributed by atoms with Crippen molar-refractivity contribution in [3.63, 3.8) is 0 Å². The number of carboxylic acids is 1. The van der Waals surface area contributed by atoms with E-state index in [1.165, 1.54) is 0 Å². The van der Waals surface area contributed by atoms with Crippen molar-refractivity contribution in [3.05, 3.63) is 71.8 Å². The fourth-order valence-corrected chi connectivity index (χ4v) is 3.84. The summed E-state index contributed by atoms with van der Waals surface area (Å²) in [6.07, 6.45) is -0.332. The number of aliphatic carboxylic acids is 1. The predicted octanol–water partition coefficient (Wildman–Crippen LogP) is 3.77. The lowest BCUT2D eigenvalue weighted by atomic mass is 10.2. The summed E-state index contributed by atoms with van der Waals surface area (Å²) in [5.74, 6) is -1.11. The number of hydrogen-bond donors (Lipinski definition) is 1. The van der Waals surface area contributed by atoms with E-state index in [1.807, 2.05) is 60.7 Å². The molecule has 1 atom stereocenters. The lowest BCUT2D eigenvalue weighted by Crippen LogP contribution is -2.08. The summed E-state index contributed by atoms with van der Waals surface area (Å²) in [5.41, 5.74) is 1.69. The van der Waals surface area contributed by atoms with Crippen LogP contribution >= 0.6 is 7.37 Å². The Balaban J connectivity index is 2.09. The zero-order valence-corrected chi connectivity index (χ0v) is 12.4. The smallest absolute Gasteiger partial charge is 0.313 e. The standard InChI is InChI=1S/C16H17O4P/c17-16(18)13-21(19,12-15-9-5-2-6-10-15)20-11-14-7-3-1-4-8-14/h1-10H,11-13H2,(H,17,18). The number of benzene rings is 2. The fourth-order valence-electron chi connectivity index (χ4n) is 1.98. The summed E-state index contributed by atoms with van der Waals surface area (Å²) < 4.78 is 18.3. The van der Waals surface area contributed by atoms with E-state index >= 15 is 0 Å². The highest BCUT2D eigenvalue weighted by Gasteiger charge is 2.27. The zero-order valence-electron chi connectivity index (χ0n) is 11.5. The van der Waals surface area contributed by atoms with Gasteiger partial charge in [-0.15, -0.1) is 0 Å². The Labute approximate surface area is 123 Å².